The van der Waals surface area contributed by atoms with Gasteiger partial charge in [0.2, 0.25) is 5.91 Å². The second-order valence-corrected chi connectivity index (χ2v) is 6.05. The van der Waals surface area contributed by atoms with Gasteiger partial charge in [0.05, 0.1) is 5.25 Å². The van der Waals surface area contributed by atoms with Crippen molar-refractivity contribution in [3.63, 3.8) is 0 Å². The van der Waals surface area contributed by atoms with E-state index in [-0.39, 0.29) is 11.2 Å². The smallest absolute Gasteiger partial charge is 0.233 e. The zero-order chi connectivity index (χ0) is 12.3. The number of nitrogens with one attached hydrogen (secondary N) is 1. The van der Waals surface area contributed by atoms with Crippen LogP contribution in [0.1, 0.15) is 30.9 Å². The molecule has 0 heterocycles. The Morgan fingerprint density at radius 2 is 2.29 bits per heavy atom. The van der Waals surface area contributed by atoms with Crippen molar-refractivity contribution in [2.45, 2.75) is 43.7 Å². The Morgan fingerprint density at radius 3 is 2.94 bits per heavy atom. The number of thioether (sulfide) groups is 1. The summed E-state index contributed by atoms with van der Waals surface area (Å²) in [4.78, 5) is 11.7. The fourth-order valence-corrected chi connectivity index (χ4v) is 2.49. The predicted octanol–water partition coefficient (Wildman–Crippen LogP) is 2.90. The van der Waals surface area contributed by atoms with E-state index in [1.54, 1.807) is 11.8 Å². The van der Waals surface area contributed by atoms with Gasteiger partial charge in [-0.2, -0.15) is 0 Å². The van der Waals surface area contributed by atoms with Gasteiger partial charge in [0, 0.05) is 11.8 Å². The van der Waals surface area contributed by atoms with E-state index in [4.69, 9.17) is 0 Å². The van der Waals surface area contributed by atoms with E-state index in [2.05, 4.69) is 36.5 Å². The highest BCUT2D eigenvalue weighted by atomic mass is 32.2. The first-order chi connectivity index (χ1) is 8.15. The van der Waals surface area contributed by atoms with Gasteiger partial charge >= 0.3 is 0 Å². The van der Waals surface area contributed by atoms with Crippen LogP contribution in [-0.2, 0) is 10.5 Å². The van der Waals surface area contributed by atoms with Gasteiger partial charge in [0.25, 0.3) is 0 Å². The molecule has 0 unspecified atom stereocenters. The van der Waals surface area contributed by atoms with E-state index in [0.717, 1.165) is 18.6 Å². The molecule has 1 aliphatic rings. The molecule has 0 saturated heterocycles. The van der Waals surface area contributed by atoms with Gasteiger partial charge in [-0.05, 0) is 32.3 Å². The fraction of sp³-hybridized carbons (Fsp3) is 0.500. The summed E-state index contributed by atoms with van der Waals surface area (Å²) in [6.07, 6.45) is 2.31. The maximum absolute atomic E-state index is 11.7. The Labute approximate surface area is 107 Å². The molecule has 17 heavy (non-hydrogen) atoms. The monoisotopic (exact) mass is 249 g/mol. The molecular formula is C14H19NOS. The maximum atomic E-state index is 11.7. The first kappa shape index (κ1) is 12.5. The van der Waals surface area contributed by atoms with Crippen molar-refractivity contribution in [1.82, 2.24) is 5.32 Å². The first-order valence-electron chi connectivity index (χ1n) is 6.12. The highest BCUT2D eigenvalue weighted by molar-refractivity contribution is 7.99. The number of hydrogen-bond donors (Lipinski definition) is 1. The third kappa shape index (κ3) is 4.08. The molecule has 3 heteroatoms. The molecule has 1 N–H and O–H groups in total. The lowest BCUT2D eigenvalue weighted by Crippen LogP contribution is -2.32. The summed E-state index contributed by atoms with van der Waals surface area (Å²) in [7, 11) is 0. The Morgan fingerprint density at radius 1 is 1.53 bits per heavy atom. The van der Waals surface area contributed by atoms with Crippen LogP contribution >= 0.6 is 11.8 Å². The molecular weight excluding hydrogens is 230 g/mol. The molecule has 1 aromatic carbocycles. The number of carbonyl (C=O) groups is 1. The van der Waals surface area contributed by atoms with Crippen molar-refractivity contribution < 1.29 is 4.79 Å². The summed E-state index contributed by atoms with van der Waals surface area (Å²) in [6.45, 7) is 4.08. The molecule has 0 aromatic heterocycles. The third-order valence-electron chi connectivity index (χ3n) is 2.88. The molecule has 0 radical (unpaired) electrons. The van der Waals surface area contributed by atoms with Crippen LogP contribution in [0, 0.1) is 6.92 Å². The SMILES string of the molecule is Cc1cccc(CS[C@@H](C)C(=O)NC2CC2)c1. The first-order valence-corrected chi connectivity index (χ1v) is 7.17. The van der Waals surface area contributed by atoms with Crippen molar-refractivity contribution in [2.75, 3.05) is 0 Å². The third-order valence-corrected chi connectivity index (χ3v) is 4.09. The van der Waals surface area contributed by atoms with Crippen molar-refractivity contribution in [2.24, 2.45) is 0 Å². The second kappa shape index (κ2) is 5.58. The zero-order valence-corrected chi connectivity index (χ0v) is 11.2. The Kier molecular flexibility index (Phi) is 4.11. The van der Waals surface area contributed by atoms with E-state index in [1.807, 2.05) is 6.92 Å². The van der Waals surface area contributed by atoms with E-state index in [0.29, 0.717) is 6.04 Å². The molecule has 1 aliphatic carbocycles. The Hall–Kier alpha value is -0.960. The van der Waals surface area contributed by atoms with Crippen LogP contribution in [0.4, 0.5) is 0 Å². The minimum atomic E-state index is 0.0381. The van der Waals surface area contributed by atoms with E-state index in [9.17, 15) is 4.79 Å². The van der Waals surface area contributed by atoms with Crippen LogP contribution in [0.3, 0.4) is 0 Å². The van der Waals surface area contributed by atoms with E-state index < -0.39 is 0 Å². The number of amides is 1. The van der Waals surface area contributed by atoms with Crippen molar-refractivity contribution >= 4 is 17.7 Å². The molecule has 0 spiro atoms. The van der Waals surface area contributed by atoms with Gasteiger partial charge in [0.1, 0.15) is 0 Å². The molecule has 2 nitrogen and oxygen atoms in total. The van der Waals surface area contributed by atoms with Crippen LogP contribution < -0.4 is 5.32 Å². The number of carbonyl (C=O) groups excluding carboxylic acids is 1. The summed E-state index contributed by atoms with van der Waals surface area (Å²) in [6, 6.07) is 8.92. The summed E-state index contributed by atoms with van der Waals surface area (Å²) in [5.74, 6) is 1.09. The van der Waals surface area contributed by atoms with E-state index in [1.165, 1.54) is 11.1 Å². The van der Waals surface area contributed by atoms with Crippen LogP contribution in [0.5, 0.6) is 0 Å². The number of rotatable bonds is 5. The molecule has 92 valence electrons. The second-order valence-electron chi connectivity index (χ2n) is 4.73. The molecule has 1 aromatic rings. The molecule has 1 fully saturated rings. The van der Waals surface area contributed by atoms with Gasteiger partial charge in [0.15, 0.2) is 0 Å². The van der Waals surface area contributed by atoms with Crippen LogP contribution in [0.15, 0.2) is 24.3 Å². The van der Waals surface area contributed by atoms with Crippen molar-refractivity contribution in [3.8, 4) is 0 Å². The molecule has 1 amide bonds. The average molecular weight is 249 g/mol. The predicted molar refractivity (Wildman–Crippen MR) is 73.1 cm³/mol. The van der Waals surface area contributed by atoms with E-state index >= 15 is 0 Å². The lowest BCUT2D eigenvalue weighted by Gasteiger charge is -2.11. The van der Waals surface area contributed by atoms with Crippen molar-refractivity contribution in [3.05, 3.63) is 35.4 Å². The van der Waals surface area contributed by atoms with Gasteiger partial charge in [-0.3, -0.25) is 4.79 Å². The highest BCUT2D eigenvalue weighted by Crippen LogP contribution is 2.22. The van der Waals surface area contributed by atoms with Gasteiger partial charge < -0.3 is 5.32 Å². The molecule has 1 atom stereocenters. The normalized spacial score (nSPS) is 16.6. The average Bonchev–Trinajstić information content (AvgIpc) is 3.10. The number of aryl methyl sites for hydroxylation is 1. The number of benzene rings is 1. The topological polar surface area (TPSA) is 29.1 Å². The quantitative estimate of drug-likeness (QED) is 0.869. The largest absolute Gasteiger partial charge is 0.352 e. The highest BCUT2D eigenvalue weighted by Gasteiger charge is 2.25. The van der Waals surface area contributed by atoms with Gasteiger partial charge in [-0.15, -0.1) is 11.8 Å². The fourth-order valence-electron chi connectivity index (χ4n) is 1.65. The van der Waals surface area contributed by atoms with Crippen LogP contribution in [-0.4, -0.2) is 17.2 Å². The summed E-state index contributed by atoms with van der Waals surface area (Å²) >= 11 is 1.70. The van der Waals surface area contributed by atoms with Gasteiger partial charge in [-0.25, -0.2) is 0 Å². The summed E-state index contributed by atoms with van der Waals surface area (Å²) < 4.78 is 0. The van der Waals surface area contributed by atoms with Gasteiger partial charge in [-0.1, -0.05) is 29.8 Å². The minimum absolute atomic E-state index is 0.0381. The standard InChI is InChI=1S/C14H19NOS/c1-10-4-3-5-12(8-10)9-17-11(2)14(16)15-13-6-7-13/h3-5,8,11,13H,6-7,9H2,1-2H3,(H,15,16)/t11-/m0/s1. The zero-order valence-electron chi connectivity index (χ0n) is 10.4. The van der Waals surface area contributed by atoms with Crippen LogP contribution in [0.2, 0.25) is 0 Å². The number of hydrogen-bond acceptors (Lipinski definition) is 2. The molecule has 2 rings (SSSR count). The Balaban J connectivity index is 1.78. The minimum Gasteiger partial charge on any atom is -0.352 e. The summed E-state index contributed by atoms with van der Waals surface area (Å²) in [5, 5.41) is 3.08. The Bertz CT molecular complexity index is 401. The lowest BCUT2D eigenvalue weighted by atomic mass is 10.2. The summed E-state index contributed by atoms with van der Waals surface area (Å²) in [5.41, 5.74) is 2.57. The lowest BCUT2D eigenvalue weighted by molar-refractivity contribution is -0.120. The van der Waals surface area contributed by atoms with Crippen molar-refractivity contribution in [1.29, 1.82) is 0 Å². The molecule has 1 saturated carbocycles. The molecule has 0 aliphatic heterocycles. The van der Waals surface area contributed by atoms with Crippen LogP contribution in [0.25, 0.3) is 0 Å². The maximum Gasteiger partial charge on any atom is 0.233 e. The molecule has 0 bridgehead atoms.